The lowest BCUT2D eigenvalue weighted by Crippen LogP contribution is -2.51. The smallest absolute Gasteiger partial charge is 0.311 e. The third-order valence-corrected chi connectivity index (χ3v) is 9.25. The number of likely N-dealkylation sites (tertiary alicyclic amines) is 1. The summed E-state index contributed by atoms with van der Waals surface area (Å²) in [5, 5.41) is 25.6. The molecule has 9 heteroatoms. The molecule has 2 aliphatic rings. The second kappa shape index (κ2) is 11.0. The lowest BCUT2D eigenvalue weighted by atomic mass is 9.65. The van der Waals surface area contributed by atoms with Gasteiger partial charge < -0.3 is 24.6 Å². The Labute approximate surface area is 240 Å². The Kier molecular flexibility index (Phi) is 7.26. The fraction of sp³-hybridized carbons (Fsp3) is 0.438. The number of carbonyl (C=O) groups excluding carboxylic acids is 1. The highest BCUT2D eigenvalue weighted by Crippen LogP contribution is 2.47. The van der Waals surface area contributed by atoms with Gasteiger partial charge in [0.2, 0.25) is 0 Å². The molecule has 214 valence electrons. The maximum absolute atomic E-state index is 12.7. The number of nitrogens with one attached hydrogen (secondary N) is 2. The lowest BCUT2D eigenvalue weighted by molar-refractivity contribution is -0.159. The third-order valence-electron chi connectivity index (χ3n) is 9.25. The Morgan fingerprint density at radius 3 is 2.63 bits per heavy atom. The summed E-state index contributed by atoms with van der Waals surface area (Å²) in [5.74, 6) is -0.778. The van der Waals surface area contributed by atoms with Crippen molar-refractivity contribution in [2.45, 2.75) is 44.4 Å². The van der Waals surface area contributed by atoms with Gasteiger partial charge in [-0.05, 0) is 61.3 Å². The maximum Gasteiger partial charge on any atom is 0.311 e. The highest BCUT2D eigenvalue weighted by Gasteiger charge is 2.49. The van der Waals surface area contributed by atoms with Crippen LogP contribution in [0.1, 0.15) is 36.6 Å². The number of H-pyrrole nitrogens is 2. The number of aromatic nitrogens is 3. The van der Waals surface area contributed by atoms with Crippen molar-refractivity contribution in [1.82, 2.24) is 19.7 Å². The summed E-state index contributed by atoms with van der Waals surface area (Å²) in [6, 6.07) is 16.5. The molecule has 2 aromatic carbocycles. The number of aliphatic hydroxyl groups is 1. The Balaban J connectivity index is 1.26. The maximum atomic E-state index is 12.7. The topological polar surface area (TPSA) is 113 Å². The summed E-state index contributed by atoms with van der Waals surface area (Å²) in [6.07, 6.45) is 6.63. The number of piperidine rings is 1. The van der Waals surface area contributed by atoms with E-state index in [2.05, 4.69) is 68.5 Å². The first-order valence-corrected chi connectivity index (χ1v) is 14.4. The van der Waals surface area contributed by atoms with Crippen LogP contribution in [0.15, 0.2) is 54.7 Å². The monoisotopic (exact) mass is 554 g/mol. The molecule has 41 heavy (non-hydrogen) atoms. The number of carbonyl (C=O) groups is 1. The average molecular weight is 555 g/mol. The van der Waals surface area contributed by atoms with E-state index >= 15 is 0 Å². The zero-order valence-electron chi connectivity index (χ0n) is 23.9. The molecule has 1 saturated carbocycles. The summed E-state index contributed by atoms with van der Waals surface area (Å²) in [5.41, 5.74) is 6.66. The number of aryl methyl sites for hydroxylation is 2. The molecule has 5 atom stereocenters. The number of ether oxygens (including phenoxy) is 1. The van der Waals surface area contributed by atoms with Gasteiger partial charge in [-0.2, -0.15) is 5.26 Å². The molecule has 0 bridgehead atoms. The molecule has 3 N–H and O–H groups in total. The average Bonchev–Trinajstić information content (AvgIpc) is 3.33. The largest absolute Gasteiger partial charge is 0.469 e. The van der Waals surface area contributed by atoms with E-state index in [0.29, 0.717) is 19.4 Å². The van der Waals surface area contributed by atoms with Crippen LogP contribution < -0.4 is 4.90 Å². The van der Waals surface area contributed by atoms with Gasteiger partial charge in [0.1, 0.15) is 0 Å². The van der Waals surface area contributed by atoms with E-state index in [0.717, 1.165) is 47.2 Å². The van der Waals surface area contributed by atoms with E-state index in [4.69, 9.17) is 4.74 Å². The van der Waals surface area contributed by atoms with Gasteiger partial charge in [-0.15, -0.1) is 0 Å². The number of nitrogens with zero attached hydrogens (tertiary/aromatic N) is 4. The van der Waals surface area contributed by atoms with Crippen LogP contribution in [0.5, 0.6) is 0 Å². The summed E-state index contributed by atoms with van der Waals surface area (Å²) in [6.45, 7) is 1.34. The van der Waals surface area contributed by atoms with Gasteiger partial charge in [0.25, 0.3) is 0 Å². The quantitative estimate of drug-likeness (QED) is 0.226. The van der Waals surface area contributed by atoms with Crippen LogP contribution in [-0.2, 0) is 22.5 Å². The molecule has 2 aromatic heterocycles. The van der Waals surface area contributed by atoms with Gasteiger partial charge in [-0.25, -0.2) is 0 Å². The molecule has 6 rings (SSSR count). The summed E-state index contributed by atoms with van der Waals surface area (Å²) in [4.78, 5) is 20.3. The van der Waals surface area contributed by atoms with E-state index in [1.807, 2.05) is 31.1 Å². The van der Waals surface area contributed by atoms with Gasteiger partial charge >= 0.3 is 5.97 Å². The number of nitriles is 1. The Morgan fingerprint density at radius 1 is 1.17 bits per heavy atom. The first kappa shape index (κ1) is 27.0. The van der Waals surface area contributed by atoms with Crippen LogP contribution in [-0.4, -0.2) is 64.6 Å². The summed E-state index contributed by atoms with van der Waals surface area (Å²) in [7, 11) is 5.46. The number of aliphatic hydroxyl groups excluding tert-OH is 1. The van der Waals surface area contributed by atoms with Crippen LogP contribution >= 0.6 is 0 Å². The second-order valence-electron chi connectivity index (χ2n) is 11.7. The molecule has 2 fully saturated rings. The number of fused-ring (bicyclic) bond motifs is 2. The number of rotatable bonds is 7. The summed E-state index contributed by atoms with van der Waals surface area (Å²) >= 11 is 0. The first-order chi connectivity index (χ1) is 19.9. The molecule has 0 radical (unpaired) electrons. The minimum atomic E-state index is -0.710. The minimum absolute atomic E-state index is 0.0403. The number of methoxy groups -OCH3 is 1. The van der Waals surface area contributed by atoms with Gasteiger partial charge in [-0.3, -0.25) is 14.6 Å². The van der Waals surface area contributed by atoms with E-state index in [9.17, 15) is 15.2 Å². The number of anilines is 1. The third kappa shape index (κ3) is 4.97. The standard InChI is InChI=1S/C32H38N6O3/c1-36(2)22-11-8-20(9-12-22)27-18-38(35-27)15-14-24-23-6-4-5-7-26(23)34-31(24)28-16-25-21(17-37(28)19-33)10-13-29(39)30(25)32(40)41-3/h4-9,11-12,18,21,25,28-30,34-35,39H,10,13-17H2,1-3H3/t21-,25-,28-,29-,30+/m0/s1. The SMILES string of the molecule is COC(=O)[C@@H]1[C@H]2C[C@@H](c3[nH]c4ccccc4c3CCn3cc(-c4ccc(N(C)C)cc4)[nH]3)N(C#N)C[C@@H]2CC[C@@H]1O. The van der Waals surface area contributed by atoms with Crippen LogP contribution in [0.4, 0.5) is 5.69 Å². The molecule has 1 aliphatic heterocycles. The Bertz CT molecular complexity index is 1550. The fourth-order valence-corrected chi connectivity index (χ4v) is 7.05. The molecular weight excluding hydrogens is 516 g/mol. The van der Waals surface area contributed by atoms with Crippen molar-refractivity contribution < 1.29 is 14.6 Å². The number of hydrogen-bond acceptors (Lipinski definition) is 6. The van der Waals surface area contributed by atoms with E-state index < -0.39 is 12.0 Å². The van der Waals surface area contributed by atoms with Gasteiger partial charge in [0.05, 0.1) is 30.9 Å². The van der Waals surface area contributed by atoms with Gasteiger partial charge in [-0.1, -0.05) is 30.3 Å². The molecule has 0 spiro atoms. The first-order valence-electron chi connectivity index (χ1n) is 14.4. The minimum Gasteiger partial charge on any atom is -0.469 e. The van der Waals surface area contributed by atoms with E-state index in [-0.39, 0.29) is 23.8 Å². The zero-order valence-corrected chi connectivity index (χ0v) is 23.9. The van der Waals surface area contributed by atoms with E-state index in [1.165, 1.54) is 18.4 Å². The number of benzene rings is 2. The number of esters is 1. The normalized spacial score (nSPS) is 24.2. The van der Waals surface area contributed by atoms with E-state index in [1.54, 1.807) is 0 Å². The number of aromatic amines is 2. The highest BCUT2D eigenvalue weighted by molar-refractivity contribution is 5.85. The van der Waals surface area contributed by atoms with Gasteiger partial charge in [0, 0.05) is 61.2 Å². The molecule has 0 unspecified atom stereocenters. The Morgan fingerprint density at radius 2 is 1.93 bits per heavy atom. The van der Waals surface area contributed by atoms with Crippen LogP contribution in [0.25, 0.3) is 22.2 Å². The predicted molar refractivity (Wildman–Crippen MR) is 158 cm³/mol. The molecule has 1 aliphatic carbocycles. The van der Waals surface area contributed by atoms with Crippen LogP contribution in [0, 0.1) is 29.2 Å². The molecular formula is C32H38N6O3. The van der Waals surface area contributed by atoms with Gasteiger partial charge in [0.15, 0.2) is 6.19 Å². The highest BCUT2D eigenvalue weighted by atomic mass is 16.5. The lowest BCUT2D eigenvalue weighted by Gasteiger charge is -2.47. The van der Waals surface area contributed by atoms with Crippen LogP contribution in [0.3, 0.4) is 0 Å². The molecule has 4 aromatic rings. The van der Waals surface area contributed by atoms with Crippen molar-refractivity contribution in [2.24, 2.45) is 17.8 Å². The van der Waals surface area contributed by atoms with Crippen molar-refractivity contribution in [3.8, 4) is 17.5 Å². The molecule has 0 amide bonds. The van der Waals surface area contributed by atoms with Crippen molar-refractivity contribution in [2.75, 3.05) is 32.6 Å². The predicted octanol–water partition coefficient (Wildman–Crippen LogP) is 4.68. The number of para-hydroxylation sites is 1. The van der Waals surface area contributed by atoms with Crippen molar-refractivity contribution in [3.63, 3.8) is 0 Å². The number of hydrogen-bond donors (Lipinski definition) is 3. The van der Waals surface area contributed by atoms with Crippen molar-refractivity contribution in [3.05, 3.63) is 66.0 Å². The van der Waals surface area contributed by atoms with Crippen LogP contribution in [0.2, 0.25) is 0 Å². The second-order valence-corrected chi connectivity index (χ2v) is 11.7. The fourth-order valence-electron chi connectivity index (χ4n) is 7.05. The molecule has 1 saturated heterocycles. The molecule has 3 heterocycles. The molecule has 9 nitrogen and oxygen atoms in total. The summed E-state index contributed by atoms with van der Waals surface area (Å²) < 4.78 is 7.21. The Hall–Kier alpha value is -4.16. The van der Waals surface area contributed by atoms with Crippen molar-refractivity contribution in [1.29, 1.82) is 5.26 Å². The zero-order chi connectivity index (χ0) is 28.7. The van der Waals surface area contributed by atoms with Crippen molar-refractivity contribution >= 4 is 22.6 Å².